The monoisotopic (exact) mass is 357 g/mol. The first kappa shape index (κ1) is 15.2. The highest BCUT2D eigenvalue weighted by atomic mass is 79.9. The third-order valence-corrected chi connectivity index (χ3v) is 3.02. The molecule has 2 aromatic rings. The number of nitrogens with one attached hydrogen (secondary N) is 1. The quantitative estimate of drug-likeness (QED) is 0.880. The first-order valence-electron chi connectivity index (χ1n) is 5.73. The van der Waals surface area contributed by atoms with Crippen molar-refractivity contribution in [1.29, 1.82) is 0 Å². The van der Waals surface area contributed by atoms with Gasteiger partial charge >= 0.3 is 6.61 Å². The summed E-state index contributed by atoms with van der Waals surface area (Å²) in [6, 6.07) is 7.04. The van der Waals surface area contributed by atoms with Crippen molar-refractivity contribution < 1.29 is 18.3 Å². The van der Waals surface area contributed by atoms with Gasteiger partial charge in [-0.25, -0.2) is 4.98 Å². The number of aromatic nitrogens is 1. The Morgan fingerprint density at radius 1 is 1.38 bits per heavy atom. The van der Waals surface area contributed by atoms with Crippen LogP contribution in [0.25, 0.3) is 0 Å². The average Bonchev–Trinajstić information content (AvgIpc) is 2.41. The topological polar surface area (TPSA) is 77.2 Å². The van der Waals surface area contributed by atoms with Crippen LogP contribution in [0.1, 0.15) is 10.4 Å². The summed E-state index contributed by atoms with van der Waals surface area (Å²) in [6.45, 7) is -2.95. The zero-order valence-corrected chi connectivity index (χ0v) is 12.1. The van der Waals surface area contributed by atoms with E-state index in [9.17, 15) is 13.6 Å². The van der Waals surface area contributed by atoms with Gasteiger partial charge in [-0.1, -0.05) is 6.07 Å². The maximum absolute atomic E-state index is 12.1. The van der Waals surface area contributed by atoms with Crippen LogP contribution in [-0.2, 0) is 0 Å². The molecule has 0 bridgehead atoms. The molecule has 1 aromatic heterocycles. The van der Waals surface area contributed by atoms with E-state index in [0.29, 0.717) is 10.2 Å². The highest BCUT2D eigenvalue weighted by Crippen LogP contribution is 2.23. The van der Waals surface area contributed by atoms with Crippen molar-refractivity contribution in [3.63, 3.8) is 0 Å². The largest absolute Gasteiger partial charge is 0.435 e. The summed E-state index contributed by atoms with van der Waals surface area (Å²) in [5.74, 6) is -0.330. The number of nitrogens with two attached hydrogens (primary N) is 1. The Kier molecular flexibility index (Phi) is 4.69. The molecule has 0 saturated heterocycles. The van der Waals surface area contributed by atoms with Gasteiger partial charge in [-0.05, 0) is 40.2 Å². The first-order valence-corrected chi connectivity index (χ1v) is 6.52. The second-order valence-electron chi connectivity index (χ2n) is 3.96. The minimum Gasteiger partial charge on any atom is -0.435 e. The van der Waals surface area contributed by atoms with E-state index in [1.807, 2.05) is 0 Å². The molecule has 3 N–H and O–H groups in total. The predicted octanol–water partition coefficient (Wildman–Crippen LogP) is 3.28. The lowest BCUT2D eigenvalue weighted by molar-refractivity contribution is -0.0498. The maximum atomic E-state index is 12.1. The smallest absolute Gasteiger partial charge is 0.387 e. The molecule has 110 valence electrons. The Morgan fingerprint density at radius 2 is 2.14 bits per heavy atom. The van der Waals surface area contributed by atoms with Crippen LogP contribution in [0.4, 0.5) is 20.3 Å². The number of carbonyl (C=O) groups is 1. The Bertz CT molecular complexity index is 668. The Morgan fingerprint density at radius 3 is 2.81 bits per heavy atom. The molecule has 1 amide bonds. The van der Waals surface area contributed by atoms with Crippen LogP contribution in [0.2, 0.25) is 0 Å². The number of nitrogens with zero attached hydrogens (tertiary/aromatic N) is 1. The number of ether oxygens (including phenoxy) is 1. The SMILES string of the molecule is Nc1cnc(NC(=O)c2cccc(OC(F)F)c2)c(Br)c1. The Hall–Kier alpha value is -2.22. The summed E-state index contributed by atoms with van der Waals surface area (Å²) in [5, 5.41) is 2.54. The molecule has 0 aliphatic carbocycles. The van der Waals surface area contributed by atoms with Crippen molar-refractivity contribution in [2.24, 2.45) is 0 Å². The minimum absolute atomic E-state index is 0.0954. The van der Waals surface area contributed by atoms with Gasteiger partial charge in [0.1, 0.15) is 11.6 Å². The number of halogens is 3. The third kappa shape index (κ3) is 4.12. The van der Waals surface area contributed by atoms with Crippen molar-refractivity contribution in [3.05, 3.63) is 46.6 Å². The number of hydrogen-bond donors (Lipinski definition) is 2. The lowest BCUT2D eigenvalue weighted by atomic mass is 10.2. The zero-order valence-electron chi connectivity index (χ0n) is 10.5. The molecule has 8 heteroatoms. The molecule has 5 nitrogen and oxygen atoms in total. The summed E-state index contributed by atoms with van der Waals surface area (Å²) in [6.07, 6.45) is 1.39. The molecule has 0 fully saturated rings. The van der Waals surface area contributed by atoms with E-state index in [0.717, 1.165) is 0 Å². The molecule has 1 heterocycles. The molecule has 2 rings (SSSR count). The van der Waals surface area contributed by atoms with Crippen LogP contribution in [0.5, 0.6) is 5.75 Å². The van der Waals surface area contributed by atoms with Gasteiger partial charge in [-0.2, -0.15) is 8.78 Å². The van der Waals surface area contributed by atoms with E-state index in [1.54, 1.807) is 6.07 Å². The lowest BCUT2D eigenvalue weighted by Gasteiger charge is -2.09. The molecular weight excluding hydrogens is 348 g/mol. The Labute approximate surface area is 127 Å². The van der Waals surface area contributed by atoms with Crippen molar-refractivity contribution >= 4 is 33.3 Å². The number of benzene rings is 1. The number of carbonyl (C=O) groups excluding carboxylic acids is 1. The van der Waals surface area contributed by atoms with Gasteiger partial charge in [0.15, 0.2) is 0 Å². The number of anilines is 2. The van der Waals surface area contributed by atoms with Gasteiger partial charge in [-0.15, -0.1) is 0 Å². The predicted molar refractivity (Wildman–Crippen MR) is 77.4 cm³/mol. The van der Waals surface area contributed by atoms with Crippen molar-refractivity contribution in [1.82, 2.24) is 4.98 Å². The van der Waals surface area contributed by atoms with E-state index < -0.39 is 12.5 Å². The molecule has 0 spiro atoms. The number of alkyl halides is 2. The van der Waals surface area contributed by atoms with E-state index in [2.05, 4.69) is 31.0 Å². The van der Waals surface area contributed by atoms with Gasteiger partial charge in [-0.3, -0.25) is 4.79 Å². The molecule has 0 unspecified atom stereocenters. The van der Waals surface area contributed by atoms with Crippen molar-refractivity contribution in [3.8, 4) is 5.75 Å². The van der Waals surface area contributed by atoms with Crippen molar-refractivity contribution in [2.45, 2.75) is 6.61 Å². The molecule has 0 atom stereocenters. The molecule has 0 radical (unpaired) electrons. The fraction of sp³-hybridized carbons (Fsp3) is 0.0769. The van der Waals surface area contributed by atoms with Gasteiger partial charge in [0.25, 0.3) is 5.91 Å². The fourth-order valence-electron chi connectivity index (χ4n) is 1.54. The summed E-state index contributed by atoms with van der Waals surface area (Å²) >= 11 is 3.21. The molecule has 21 heavy (non-hydrogen) atoms. The van der Waals surface area contributed by atoms with Crippen LogP contribution in [0, 0.1) is 0 Å². The van der Waals surface area contributed by atoms with Crippen molar-refractivity contribution in [2.75, 3.05) is 11.1 Å². The van der Waals surface area contributed by atoms with Crippen LogP contribution in [0.15, 0.2) is 41.0 Å². The maximum Gasteiger partial charge on any atom is 0.387 e. The number of pyridine rings is 1. The number of hydrogen-bond acceptors (Lipinski definition) is 4. The van der Waals surface area contributed by atoms with Crippen LogP contribution in [-0.4, -0.2) is 17.5 Å². The lowest BCUT2D eigenvalue weighted by Crippen LogP contribution is -2.14. The summed E-state index contributed by atoms with van der Waals surface area (Å²) in [4.78, 5) is 16.0. The normalized spacial score (nSPS) is 10.5. The fourth-order valence-corrected chi connectivity index (χ4v) is 2.00. The highest BCUT2D eigenvalue weighted by molar-refractivity contribution is 9.10. The molecule has 0 aliphatic rings. The zero-order chi connectivity index (χ0) is 15.4. The van der Waals surface area contributed by atoms with Gasteiger partial charge in [0.05, 0.1) is 16.4 Å². The summed E-state index contributed by atoms with van der Waals surface area (Å²) in [5.41, 5.74) is 6.15. The minimum atomic E-state index is -2.95. The van der Waals surface area contributed by atoms with Gasteiger partial charge in [0.2, 0.25) is 0 Å². The van der Waals surface area contributed by atoms with E-state index in [4.69, 9.17) is 5.73 Å². The van der Waals surface area contributed by atoms with Gasteiger partial charge in [0, 0.05) is 5.56 Å². The summed E-state index contributed by atoms with van der Waals surface area (Å²) < 4.78 is 29.0. The molecular formula is C13H10BrF2N3O2. The standard InChI is InChI=1S/C13H10BrF2N3O2/c14-10-5-8(17)6-18-11(10)19-12(20)7-2-1-3-9(4-7)21-13(15)16/h1-6,13H,17H2,(H,18,19,20). The average molecular weight is 358 g/mol. The number of amides is 1. The van der Waals surface area contributed by atoms with E-state index in [-0.39, 0.29) is 17.1 Å². The van der Waals surface area contributed by atoms with Crippen LogP contribution in [0.3, 0.4) is 0 Å². The second kappa shape index (κ2) is 6.49. The van der Waals surface area contributed by atoms with E-state index >= 15 is 0 Å². The highest BCUT2D eigenvalue weighted by Gasteiger charge is 2.12. The molecule has 1 aromatic carbocycles. The second-order valence-corrected chi connectivity index (χ2v) is 4.81. The summed E-state index contributed by atoms with van der Waals surface area (Å²) in [7, 11) is 0. The molecule has 0 saturated carbocycles. The third-order valence-electron chi connectivity index (χ3n) is 2.42. The van der Waals surface area contributed by atoms with Crippen LogP contribution >= 0.6 is 15.9 Å². The van der Waals surface area contributed by atoms with Crippen LogP contribution < -0.4 is 15.8 Å². The number of nitrogen functional groups attached to an aromatic ring is 1. The van der Waals surface area contributed by atoms with E-state index in [1.165, 1.54) is 30.5 Å². The Balaban J connectivity index is 2.16. The van der Waals surface area contributed by atoms with Gasteiger partial charge < -0.3 is 15.8 Å². The molecule has 0 aliphatic heterocycles. The first-order chi connectivity index (χ1) is 9.95. The number of rotatable bonds is 4.